The normalized spacial score (nSPS) is 19.6. The second-order valence-electron chi connectivity index (χ2n) is 3.97. The molecule has 1 aliphatic rings. The molecule has 1 aliphatic carbocycles. The molecule has 1 saturated carbocycles. The van der Waals surface area contributed by atoms with Crippen molar-refractivity contribution in [3.05, 3.63) is 0 Å². The van der Waals surface area contributed by atoms with Gasteiger partial charge >= 0.3 is 6.03 Å². The van der Waals surface area contributed by atoms with E-state index in [0.29, 0.717) is 12.5 Å². The van der Waals surface area contributed by atoms with Gasteiger partial charge in [0.05, 0.1) is 5.54 Å². The number of hydrogen-bond acceptors (Lipinski definition) is 2. The van der Waals surface area contributed by atoms with Gasteiger partial charge in [0.15, 0.2) is 0 Å². The van der Waals surface area contributed by atoms with Crippen LogP contribution in [0.25, 0.3) is 0 Å². The first-order chi connectivity index (χ1) is 6.48. The van der Waals surface area contributed by atoms with Gasteiger partial charge in [0.2, 0.25) is 0 Å². The number of rotatable bonds is 4. The highest BCUT2D eigenvalue weighted by molar-refractivity contribution is 5.91. The summed E-state index contributed by atoms with van der Waals surface area (Å²) in [6.45, 7) is 3.64. The number of carbonyl (C=O) groups is 1. The molecule has 0 aromatic rings. The van der Waals surface area contributed by atoms with Crippen molar-refractivity contribution in [3.63, 3.8) is 0 Å². The number of urea groups is 1. The monoisotopic (exact) mass is 198 g/mol. The zero-order valence-electron chi connectivity index (χ0n) is 8.68. The van der Waals surface area contributed by atoms with Gasteiger partial charge in [-0.15, -0.1) is 0 Å². The molecule has 0 spiro atoms. The van der Waals surface area contributed by atoms with Crippen LogP contribution in [0, 0.1) is 5.41 Å². The maximum absolute atomic E-state index is 11.4. The van der Waals surface area contributed by atoms with Crippen LogP contribution in [0.1, 0.15) is 33.1 Å². The van der Waals surface area contributed by atoms with Crippen LogP contribution in [-0.4, -0.2) is 23.4 Å². The van der Waals surface area contributed by atoms with Crippen LogP contribution in [0.2, 0.25) is 0 Å². The molecule has 0 aromatic heterocycles. The number of amides is 2. The van der Waals surface area contributed by atoms with Crippen LogP contribution in [0.15, 0.2) is 0 Å². The molecule has 5 nitrogen and oxygen atoms in total. The SMILES string of the molecule is CCC(C)(NC(=O)NC1CC1)C(=N)N. The van der Waals surface area contributed by atoms with Gasteiger partial charge in [0.25, 0.3) is 0 Å². The maximum atomic E-state index is 11.4. The van der Waals surface area contributed by atoms with E-state index >= 15 is 0 Å². The van der Waals surface area contributed by atoms with Crippen molar-refractivity contribution in [2.75, 3.05) is 0 Å². The molecule has 0 bridgehead atoms. The van der Waals surface area contributed by atoms with Crippen LogP contribution in [0.3, 0.4) is 0 Å². The number of carbonyl (C=O) groups excluding carboxylic acids is 1. The second-order valence-corrected chi connectivity index (χ2v) is 3.97. The van der Waals surface area contributed by atoms with E-state index in [4.69, 9.17) is 11.1 Å². The van der Waals surface area contributed by atoms with E-state index in [1.165, 1.54) is 0 Å². The largest absolute Gasteiger partial charge is 0.386 e. The molecule has 1 atom stereocenters. The molecule has 1 rings (SSSR count). The van der Waals surface area contributed by atoms with Crippen molar-refractivity contribution in [1.82, 2.24) is 10.6 Å². The quantitative estimate of drug-likeness (QED) is 0.392. The van der Waals surface area contributed by atoms with Crippen molar-refractivity contribution >= 4 is 11.9 Å². The molecule has 0 radical (unpaired) electrons. The number of hydrogen-bond donors (Lipinski definition) is 4. The first-order valence-electron chi connectivity index (χ1n) is 4.91. The van der Waals surface area contributed by atoms with E-state index in [1.54, 1.807) is 6.92 Å². The third-order valence-corrected chi connectivity index (χ3v) is 2.60. The van der Waals surface area contributed by atoms with Gasteiger partial charge in [-0.1, -0.05) is 6.92 Å². The Morgan fingerprint density at radius 3 is 2.57 bits per heavy atom. The summed E-state index contributed by atoms with van der Waals surface area (Å²) < 4.78 is 0. The van der Waals surface area contributed by atoms with Crippen molar-refractivity contribution in [1.29, 1.82) is 5.41 Å². The van der Waals surface area contributed by atoms with E-state index in [-0.39, 0.29) is 11.9 Å². The first kappa shape index (κ1) is 10.8. The van der Waals surface area contributed by atoms with Crippen LogP contribution >= 0.6 is 0 Å². The molecule has 0 heterocycles. The van der Waals surface area contributed by atoms with Crippen molar-refractivity contribution < 1.29 is 4.79 Å². The summed E-state index contributed by atoms with van der Waals surface area (Å²) in [5.41, 5.74) is 4.69. The van der Waals surface area contributed by atoms with Gasteiger partial charge in [-0.25, -0.2) is 4.79 Å². The van der Waals surface area contributed by atoms with Gasteiger partial charge < -0.3 is 16.4 Å². The van der Waals surface area contributed by atoms with Crippen LogP contribution in [0.4, 0.5) is 4.79 Å². The molecule has 5 N–H and O–H groups in total. The predicted octanol–water partition coefficient (Wildman–Crippen LogP) is 0.553. The molecule has 1 unspecified atom stereocenters. The average Bonchev–Trinajstić information content (AvgIpc) is 2.87. The highest BCUT2D eigenvalue weighted by Crippen LogP contribution is 2.18. The van der Waals surface area contributed by atoms with Crippen molar-refractivity contribution in [3.8, 4) is 0 Å². The van der Waals surface area contributed by atoms with Gasteiger partial charge in [-0.05, 0) is 26.2 Å². The minimum absolute atomic E-state index is 0.00838. The van der Waals surface area contributed by atoms with Crippen LogP contribution < -0.4 is 16.4 Å². The molecule has 0 aromatic carbocycles. The van der Waals surface area contributed by atoms with Crippen molar-refractivity contribution in [2.45, 2.75) is 44.7 Å². The summed E-state index contributed by atoms with van der Waals surface area (Å²) in [6, 6.07) is 0.0927. The molecule has 0 aliphatic heterocycles. The van der Waals surface area contributed by atoms with Gasteiger partial charge in [-0.2, -0.15) is 0 Å². The van der Waals surface area contributed by atoms with Crippen LogP contribution in [-0.2, 0) is 0 Å². The summed E-state index contributed by atoms with van der Waals surface area (Å²) in [5, 5.41) is 12.9. The molecular weight excluding hydrogens is 180 g/mol. The van der Waals surface area contributed by atoms with E-state index in [1.807, 2.05) is 6.92 Å². The molecule has 80 valence electrons. The molecule has 0 saturated heterocycles. The van der Waals surface area contributed by atoms with E-state index in [9.17, 15) is 4.79 Å². The third kappa shape index (κ3) is 2.61. The summed E-state index contributed by atoms with van der Waals surface area (Å²) in [6.07, 6.45) is 2.72. The lowest BCUT2D eigenvalue weighted by atomic mass is 9.98. The topological polar surface area (TPSA) is 91.0 Å². The standard InChI is InChI=1S/C9H18N4O/c1-3-9(2,7(10)11)13-8(14)12-6-4-5-6/h6H,3-5H2,1-2H3,(H3,10,11)(H2,12,13,14). The van der Waals surface area contributed by atoms with Gasteiger partial charge in [0.1, 0.15) is 5.84 Å². The molecule has 1 fully saturated rings. The molecular formula is C9H18N4O. The fourth-order valence-electron chi connectivity index (χ4n) is 1.05. The highest BCUT2D eigenvalue weighted by Gasteiger charge is 2.30. The van der Waals surface area contributed by atoms with E-state index in [0.717, 1.165) is 12.8 Å². The summed E-state index contributed by atoms with van der Waals surface area (Å²) in [4.78, 5) is 11.4. The zero-order chi connectivity index (χ0) is 10.8. The summed E-state index contributed by atoms with van der Waals surface area (Å²) in [7, 11) is 0. The Morgan fingerprint density at radius 1 is 1.64 bits per heavy atom. The Bertz CT molecular complexity index is 249. The van der Waals surface area contributed by atoms with Crippen LogP contribution in [0.5, 0.6) is 0 Å². The van der Waals surface area contributed by atoms with Gasteiger partial charge in [-0.3, -0.25) is 5.41 Å². The van der Waals surface area contributed by atoms with Crippen molar-refractivity contribution in [2.24, 2.45) is 5.73 Å². The Hall–Kier alpha value is -1.26. The predicted molar refractivity (Wildman–Crippen MR) is 55.3 cm³/mol. The molecule has 5 heteroatoms. The Kier molecular flexibility index (Phi) is 2.98. The first-order valence-corrected chi connectivity index (χ1v) is 4.91. The number of nitrogens with one attached hydrogen (secondary N) is 3. The van der Waals surface area contributed by atoms with E-state index in [2.05, 4.69) is 10.6 Å². The molecule has 2 amide bonds. The smallest absolute Gasteiger partial charge is 0.315 e. The van der Waals surface area contributed by atoms with Gasteiger partial charge in [0, 0.05) is 6.04 Å². The maximum Gasteiger partial charge on any atom is 0.315 e. The highest BCUT2D eigenvalue weighted by atomic mass is 16.2. The number of amidine groups is 1. The lowest BCUT2D eigenvalue weighted by Gasteiger charge is -2.28. The number of nitrogens with two attached hydrogens (primary N) is 1. The summed E-state index contributed by atoms with van der Waals surface area (Å²) in [5.74, 6) is -0.00838. The zero-order valence-corrected chi connectivity index (χ0v) is 8.68. The fraction of sp³-hybridized carbons (Fsp3) is 0.778. The average molecular weight is 198 g/mol. The Morgan fingerprint density at radius 2 is 2.21 bits per heavy atom. The fourth-order valence-corrected chi connectivity index (χ4v) is 1.05. The summed E-state index contributed by atoms with van der Waals surface area (Å²) >= 11 is 0. The lowest BCUT2D eigenvalue weighted by molar-refractivity contribution is 0.233. The lowest BCUT2D eigenvalue weighted by Crippen LogP contribution is -2.57. The Balaban J connectivity index is 2.45. The second kappa shape index (κ2) is 3.86. The Labute approximate surface area is 83.9 Å². The molecule has 14 heavy (non-hydrogen) atoms. The minimum atomic E-state index is -0.723. The minimum Gasteiger partial charge on any atom is -0.386 e. The third-order valence-electron chi connectivity index (χ3n) is 2.60. The van der Waals surface area contributed by atoms with E-state index < -0.39 is 5.54 Å².